The average molecular weight is 1630 g/mol. The molecule has 0 bridgehead atoms. The SMILES string of the molecule is CC(C)c1ccc2c(c1)c1ccccc1n2-c1ccc2c(c1)N(c1c(-c3ccccc3)cc(C(C)(C)C)cc1-c1cccc(-c3cccc(-c4ccccc4)c3)c1)c1cc(-c3ccccc3)cc3c1B2c1ccc(-n2c4ccccc4c4cc(C(C)C)ccc42)cc1N3c1c(-c2ccccc2)cc(C(C)(C)C)cc1-c1cccc(-c2cccc(-c3ccccc3)c2)c1. The molecule has 0 radical (unpaired) electrons. The summed E-state index contributed by atoms with van der Waals surface area (Å²) in [6.45, 7) is 23.2. The minimum absolute atomic E-state index is 0.281. The molecule has 0 aliphatic carbocycles. The lowest BCUT2D eigenvalue weighted by Crippen LogP contribution is -2.61. The van der Waals surface area contributed by atoms with Gasteiger partial charge in [0, 0.05) is 77.9 Å². The van der Waals surface area contributed by atoms with Gasteiger partial charge in [0.1, 0.15) is 0 Å². The zero-order valence-corrected chi connectivity index (χ0v) is 73.7. The third-order valence-electron chi connectivity index (χ3n) is 26.9. The number of para-hydroxylation sites is 2. The van der Waals surface area contributed by atoms with Gasteiger partial charge in [0.25, 0.3) is 6.71 Å². The summed E-state index contributed by atoms with van der Waals surface area (Å²) in [6, 6.07) is 155. The van der Waals surface area contributed by atoms with Gasteiger partial charge >= 0.3 is 0 Å². The molecule has 2 aliphatic rings. The van der Waals surface area contributed by atoms with Gasteiger partial charge in [-0.2, -0.15) is 0 Å². The molecule has 22 rings (SSSR count). The van der Waals surface area contributed by atoms with Crippen molar-refractivity contribution in [1.82, 2.24) is 9.13 Å². The Kier molecular flexibility index (Phi) is 19.2. The van der Waals surface area contributed by atoms with Crippen LogP contribution in [0.5, 0.6) is 0 Å². The van der Waals surface area contributed by atoms with E-state index in [4.69, 9.17) is 0 Å². The van der Waals surface area contributed by atoms with Crippen LogP contribution in [0, 0.1) is 0 Å². The molecule has 2 aromatic heterocycles. The molecule has 0 saturated carbocycles. The van der Waals surface area contributed by atoms with E-state index >= 15 is 0 Å². The van der Waals surface area contributed by atoms with E-state index in [1.54, 1.807) is 0 Å². The normalized spacial score (nSPS) is 12.6. The van der Waals surface area contributed by atoms with Crippen molar-refractivity contribution < 1.29 is 0 Å². The molecule has 0 N–H and O–H groups in total. The lowest BCUT2D eigenvalue weighted by atomic mass is 9.33. The molecule has 0 unspecified atom stereocenters. The Morgan fingerprint density at radius 2 is 0.512 bits per heavy atom. The summed E-state index contributed by atoms with van der Waals surface area (Å²) in [5.74, 6) is 0.689. The highest BCUT2D eigenvalue weighted by Crippen LogP contribution is 2.57. The molecule has 0 atom stereocenters. The zero-order valence-electron chi connectivity index (χ0n) is 73.7. The topological polar surface area (TPSA) is 16.3 Å². The first-order chi connectivity index (χ1) is 61.9. The predicted molar refractivity (Wildman–Crippen MR) is 544 cm³/mol. The first kappa shape index (κ1) is 78.2. The Bertz CT molecular complexity index is 7270. The summed E-state index contributed by atoms with van der Waals surface area (Å²) in [7, 11) is 0. The number of benzene rings is 18. The molecule has 18 aromatic carbocycles. The highest BCUT2D eigenvalue weighted by Gasteiger charge is 2.47. The van der Waals surface area contributed by atoms with Gasteiger partial charge in [0.2, 0.25) is 0 Å². The van der Waals surface area contributed by atoms with Gasteiger partial charge in [-0.3, -0.25) is 0 Å². The Balaban J connectivity index is 0.904. The van der Waals surface area contributed by atoms with Crippen LogP contribution in [0.25, 0.3) is 155 Å². The Labute approximate surface area is 746 Å². The minimum Gasteiger partial charge on any atom is -0.310 e. The fourth-order valence-corrected chi connectivity index (χ4v) is 20.3. The third kappa shape index (κ3) is 13.7. The summed E-state index contributed by atoms with van der Waals surface area (Å²) in [5, 5.41) is 4.95. The van der Waals surface area contributed by atoms with Gasteiger partial charge in [0.05, 0.1) is 33.4 Å². The van der Waals surface area contributed by atoms with Crippen molar-refractivity contribution in [1.29, 1.82) is 0 Å². The second kappa shape index (κ2) is 31.2. The number of rotatable bonds is 15. The Morgan fingerprint density at radius 3 is 0.866 bits per heavy atom. The largest absolute Gasteiger partial charge is 0.310 e. The smallest absolute Gasteiger partial charge is 0.252 e. The fourth-order valence-electron chi connectivity index (χ4n) is 20.3. The van der Waals surface area contributed by atoms with Crippen molar-refractivity contribution in [2.75, 3.05) is 9.80 Å². The van der Waals surface area contributed by atoms with Crippen LogP contribution in [-0.2, 0) is 10.8 Å². The van der Waals surface area contributed by atoms with Crippen molar-refractivity contribution in [3.05, 3.63) is 429 Å². The van der Waals surface area contributed by atoms with Crippen LogP contribution in [0.3, 0.4) is 0 Å². The average Bonchev–Trinajstić information content (AvgIpc) is 1.29. The highest BCUT2D eigenvalue weighted by molar-refractivity contribution is 7.00. The van der Waals surface area contributed by atoms with Crippen LogP contribution in [0.1, 0.15) is 103 Å². The standard InChI is InChI=1S/C122H99BN4/c1-78(2)85-56-62-112-106(68-85)100-52-26-28-54-110(100)124(112)98-58-60-108-114(76-98)126(119-102(83-40-22-14-23-41-83)72-96(121(5,6)7)74-104(119)93-50-32-48-91(66-93)89-46-30-44-87(64-89)80-34-16-11-17-35-80)116-70-95(82-38-20-13-21-39-82)71-117-118(116)123(108)109-61-59-99(125-111-55-29-27-53-101(111)107-69-86(79(3)4)57-63-113(107)125)77-115(109)127(117)120-103(84-42-24-15-25-43-84)73-97(122(8,9)10)75-105(120)94-51-33-49-92(67-94)90-47-31-45-88(65-90)81-36-18-12-19-37-81/h11-79H,1-10H3. The number of nitrogens with zero attached hydrogens (tertiary/aromatic N) is 4. The maximum absolute atomic E-state index is 2.76. The molecule has 0 fully saturated rings. The molecule has 4 nitrogen and oxygen atoms in total. The lowest BCUT2D eigenvalue weighted by Gasteiger charge is -2.46. The van der Waals surface area contributed by atoms with Gasteiger partial charge in [-0.15, -0.1) is 0 Å². The molecule has 0 spiro atoms. The molecule has 2 aliphatic heterocycles. The van der Waals surface area contributed by atoms with Crippen molar-refractivity contribution in [3.8, 4) is 112 Å². The lowest BCUT2D eigenvalue weighted by molar-refractivity contribution is 0.590. The second-order valence-corrected chi connectivity index (χ2v) is 37.6. The summed E-state index contributed by atoms with van der Waals surface area (Å²) in [4.78, 5) is 5.52. The Morgan fingerprint density at radius 1 is 0.220 bits per heavy atom. The molecule has 5 heteroatoms. The third-order valence-corrected chi connectivity index (χ3v) is 26.9. The predicted octanol–water partition coefficient (Wildman–Crippen LogP) is 31.8. The number of fused-ring (bicyclic) bond motifs is 10. The maximum atomic E-state index is 2.76. The van der Waals surface area contributed by atoms with Gasteiger partial charge in [-0.25, -0.2) is 0 Å². The van der Waals surface area contributed by atoms with Crippen molar-refractivity contribution >= 4 is 101 Å². The van der Waals surface area contributed by atoms with Crippen LogP contribution < -0.4 is 26.2 Å². The van der Waals surface area contributed by atoms with E-state index in [9.17, 15) is 0 Å². The number of anilines is 6. The van der Waals surface area contributed by atoms with Crippen molar-refractivity contribution in [3.63, 3.8) is 0 Å². The number of aromatic nitrogens is 2. The van der Waals surface area contributed by atoms with Gasteiger partial charge in [-0.1, -0.05) is 354 Å². The Hall–Kier alpha value is -14.8. The molecular weight excluding hydrogens is 1530 g/mol. The quantitative estimate of drug-likeness (QED) is 0.0951. The highest BCUT2D eigenvalue weighted by atomic mass is 15.2. The van der Waals surface area contributed by atoms with Gasteiger partial charge in [0.15, 0.2) is 0 Å². The second-order valence-electron chi connectivity index (χ2n) is 37.6. The molecule has 610 valence electrons. The summed E-state index contributed by atoms with van der Waals surface area (Å²) < 4.78 is 5.09. The molecule has 20 aromatic rings. The van der Waals surface area contributed by atoms with E-state index in [-0.39, 0.29) is 17.5 Å². The van der Waals surface area contributed by atoms with Gasteiger partial charge < -0.3 is 18.9 Å². The fraction of sp³-hybridized carbons (Fsp3) is 0.115. The molecular formula is C122H99BN4. The number of hydrogen-bond acceptors (Lipinski definition) is 2. The zero-order chi connectivity index (χ0) is 86.1. The van der Waals surface area contributed by atoms with Crippen molar-refractivity contribution in [2.24, 2.45) is 0 Å². The summed E-state index contributed by atoms with van der Waals surface area (Å²) in [6.07, 6.45) is 0. The summed E-state index contributed by atoms with van der Waals surface area (Å²) in [5.41, 5.74) is 42.1. The maximum Gasteiger partial charge on any atom is 0.252 e. The van der Waals surface area contributed by atoms with E-state index in [0.717, 1.165) is 134 Å². The summed E-state index contributed by atoms with van der Waals surface area (Å²) >= 11 is 0. The number of hydrogen-bond donors (Lipinski definition) is 0. The van der Waals surface area contributed by atoms with E-state index in [1.807, 2.05) is 0 Å². The van der Waals surface area contributed by atoms with E-state index in [2.05, 4.69) is 495 Å². The monoisotopic (exact) mass is 1630 g/mol. The van der Waals surface area contributed by atoms with E-state index in [1.165, 1.54) is 93.5 Å². The van der Waals surface area contributed by atoms with Crippen LogP contribution in [0.15, 0.2) is 406 Å². The molecule has 4 heterocycles. The van der Waals surface area contributed by atoms with Gasteiger partial charge in [-0.05, 0) is 261 Å². The van der Waals surface area contributed by atoms with Crippen LogP contribution >= 0.6 is 0 Å². The minimum atomic E-state index is -0.329. The first-order valence-electron chi connectivity index (χ1n) is 45.1. The van der Waals surface area contributed by atoms with Crippen molar-refractivity contribution in [2.45, 2.75) is 91.9 Å². The molecule has 0 saturated heterocycles. The van der Waals surface area contributed by atoms with Crippen LogP contribution in [0.2, 0.25) is 0 Å². The van der Waals surface area contributed by atoms with Crippen LogP contribution in [0.4, 0.5) is 34.1 Å². The molecule has 0 amide bonds. The first-order valence-corrected chi connectivity index (χ1v) is 45.1. The van der Waals surface area contributed by atoms with E-state index in [0.29, 0.717) is 11.8 Å². The van der Waals surface area contributed by atoms with Crippen LogP contribution in [-0.4, -0.2) is 15.8 Å². The molecule has 127 heavy (non-hydrogen) atoms. The van der Waals surface area contributed by atoms with E-state index < -0.39 is 0 Å².